The quantitative estimate of drug-likeness (QED) is 0.621. The average molecular weight is 277 g/mol. The van der Waals surface area contributed by atoms with E-state index in [4.69, 9.17) is 0 Å². The molecule has 0 amide bonds. The average Bonchev–Trinajstić information content (AvgIpc) is 2.43. The molecule has 6 heteroatoms. The highest BCUT2D eigenvalue weighted by atomic mass is 19.2. The van der Waals surface area contributed by atoms with Crippen molar-refractivity contribution in [3.05, 3.63) is 28.8 Å². The van der Waals surface area contributed by atoms with Crippen LogP contribution in [0.1, 0.15) is 24.8 Å². The number of nitrogens with zero attached hydrogens (tertiary/aromatic N) is 1. The van der Waals surface area contributed by atoms with Crippen molar-refractivity contribution in [1.29, 1.82) is 0 Å². The first-order valence-electron chi connectivity index (χ1n) is 6.17. The molecular weight excluding hydrogens is 262 g/mol. The first kappa shape index (κ1) is 14.1. The zero-order chi connectivity index (χ0) is 14.0. The van der Waals surface area contributed by atoms with Gasteiger partial charge in [-0.3, -0.25) is 4.90 Å². The van der Waals surface area contributed by atoms with Gasteiger partial charge in [0.15, 0.2) is 17.4 Å². The number of piperidine rings is 1. The lowest BCUT2D eigenvalue weighted by molar-refractivity contribution is 0.212. The first-order valence-corrected chi connectivity index (χ1v) is 6.17. The fourth-order valence-electron chi connectivity index (χ4n) is 2.32. The summed E-state index contributed by atoms with van der Waals surface area (Å²) in [5.41, 5.74) is -0.572. The predicted molar refractivity (Wildman–Crippen MR) is 62.0 cm³/mol. The highest BCUT2D eigenvalue weighted by molar-refractivity contribution is 5.34. The SMILES string of the molecule is COc1c(F)c(F)c(CN2CCCCC2)c(F)c1F. The summed E-state index contributed by atoms with van der Waals surface area (Å²) in [6.45, 7) is 1.22. The summed E-state index contributed by atoms with van der Waals surface area (Å²) in [4.78, 5) is 1.79. The van der Waals surface area contributed by atoms with E-state index in [2.05, 4.69) is 4.74 Å². The van der Waals surface area contributed by atoms with E-state index >= 15 is 0 Å². The van der Waals surface area contributed by atoms with Gasteiger partial charge in [-0.05, 0) is 25.9 Å². The van der Waals surface area contributed by atoms with Crippen molar-refractivity contribution in [3.63, 3.8) is 0 Å². The predicted octanol–water partition coefficient (Wildman–Crippen LogP) is 3.24. The van der Waals surface area contributed by atoms with Gasteiger partial charge in [-0.15, -0.1) is 0 Å². The Balaban J connectivity index is 2.34. The van der Waals surface area contributed by atoms with Crippen LogP contribution in [0.5, 0.6) is 5.75 Å². The van der Waals surface area contributed by atoms with Crippen LogP contribution in [0.2, 0.25) is 0 Å². The molecule has 106 valence electrons. The fraction of sp³-hybridized carbons (Fsp3) is 0.538. The number of likely N-dealkylation sites (tertiary alicyclic amines) is 1. The molecule has 0 aliphatic carbocycles. The van der Waals surface area contributed by atoms with Crippen molar-refractivity contribution in [1.82, 2.24) is 4.90 Å². The second-order valence-corrected chi connectivity index (χ2v) is 4.60. The number of benzene rings is 1. The lowest BCUT2D eigenvalue weighted by atomic mass is 10.1. The maximum atomic E-state index is 13.8. The summed E-state index contributed by atoms with van der Waals surface area (Å²) in [7, 11) is 0.963. The van der Waals surface area contributed by atoms with E-state index < -0.39 is 34.6 Å². The van der Waals surface area contributed by atoms with Gasteiger partial charge in [0.1, 0.15) is 0 Å². The van der Waals surface area contributed by atoms with Crippen LogP contribution >= 0.6 is 0 Å². The summed E-state index contributed by atoms with van der Waals surface area (Å²) in [6, 6.07) is 0. The van der Waals surface area contributed by atoms with E-state index in [1.165, 1.54) is 0 Å². The smallest absolute Gasteiger partial charge is 0.204 e. The molecular formula is C13H15F4NO. The number of rotatable bonds is 3. The summed E-state index contributed by atoms with van der Waals surface area (Å²) >= 11 is 0. The van der Waals surface area contributed by atoms with Crippen LogP contribution in [-0.2, 0) is 6.54 Å². The van der Waals surface area contributed by atoms with Crippen LogP contribution in [0.25, 0.3) is 0 Å². The van der Waals surface area contributed by atoms with E-state index in [9.17, 15) is 17.6 Å². The number of halogens is 4. The summed E-state index contributed by atoms with van der Waals surface area (Å²) < 4.78 is 58.9. The third kappa shape index (κ3) is 2.68. The van der Waals surface area contributed by atoms with Crippen molar-refractivity contribution in [3.8, 4) is 5.75 Å². The van der Waals surface area contributed by atoms with Crippen molar-refractivity contribution in [2.45, 2.75) is 25.8 Å². The summed E-state index contributed by atoms with van der Waals surface area (Å²) in [5, 5.41) is 0. The Bertz CT molecular complexity index is 443. The van der Waals surface area contributed by atoms with Crippen LogP contribution in [0.4, 0.5) is 17.6 Å². The zero-order valence-electron chi connectivity index (χ0n) is 10.6. The molecule has 0 N–H and O–H groups in total. The zero-order valence-corrected chi connectivity index (χ0v) is 10.6. The highest BCUT2D eigenvalue weighted by Gasteiger charge is 2.27. The fourth-order valence-corrected chi connectivity index (χ4v) is 2.32. The van der Waals surface area contributed by atoms with Gasteiger partial charge in [-0.25, -0.2) is 8.78 Å². The Morgan fingerprint density at radius 3 is 1.89 bits per heavy atom. The van der Waals surface area contributed by atoms with Gasteiger partial charge in [-0.1, -0.05) is 6.42 Å². The topological polar surface area (TPSA) is 12.5 Å². The molecule has 2 nitrogen and oxygen atoms in total. The number of ether oxygens (including phenoxy) is 1. The van der Waals surface area contributed by atoms with Gasteiger partial charge >= 0.3 is 0 Å². The number of hydrogen-bond donors (Lipinski definition) is 0. The molecule has 1 saturated heterocycles. The molecule has 0 bridgehead atoms. The Kier molecular flexibility index (Phi) is 4.29. The van der Waals surface area contributed by atoms with E-state index in [0.717, 1.165) is 26.4 Å². The highest BCUT2D eigenvalue weighted by Crippen LogP contribution is 2.30. The first-order chi connectivity index (χ1) is 9.06. The molecule has 0 spiro atoms. The third-order valence-corrected chi connectivity index (χ3v) is 3.35. The van der Waals surface area contributed by atoms with E-state index in [0.29, 0.717) is 13.1 Å². The molecule has 0 atom stereocenters. The van der Waals surface area contributed by atoms with Gasteiger partial charge in [0.25, 0.3) is 0 Å². The molecule has 1 aromatic rings. The Morgan fingerprint density at radius 2 is 1.42 bits per heavy atom. The molecule has 0 saturated carbocycles. The van der Waals surface area contributed by atoms with Crippen molar-refractivity contribution < 1.29 is 22.3 Å². The molecule has 19 heavy (non-hydrogen) atoms. The minimum absolute atomic E-state index is 0.129. The van der Waals surface area contributed by atoms with Crippen LogP contribution in [0.3, 0.4) is 0 Å². The van der Waals surface area contributed by atoms with Gasteiger partial charge in [-0.2, -0.15) is 8.78 Å². The van der Waals surface area contributed by atoms with Crippen LogP contribution in [0, 0.1) is 23.3 Å². The van der Waals surface area contributed by atoms with Gasteiger partial charge < -0.3 is 4.74 Å². The van der Waals surface area contributed by atoms with E-state index in [1.54, 1.807) is 4.90 Å². The number of methoxy groups -OCH3 is 1. The second-order valence-electron chi connectivity index (χ2n) is 4.60. The third-order valence-electron chi connectivity index (χ3n) is 3.35. The van der Waals surface area contributed by atoms with E-state index in [1.807, 2.05) is 0 Å². The molecule has 1 fully saturated rings. The molecule has 1 aromatic carbocycles. The lowest BCUT2D eigenvalue weighted by Gasteiger charge is -2.26. The van der Waals surface area contributed by atoms with Crippen molar-refractivity contribution in [2.24, 2.45) is 0 Å². The minimum atomic E-state index is -1.48. The molecule has 1 heterocycles. The molecule has 0 radical (unpaired) electrons. The Morgan fingerprint density at radius 1 is 0.895 bits per heavy atom. The Hall–Kier alpha value is -1.30. The molecule has 0 aromatic heterocycles. The van der Waals surface area contributed by atoms with Crippen LogP contribution in [0.15, 0.2) is 0 Å². The summed E-state index contributed by atoms with van der Waals surface area (Å²) in [6.07, 6.45) is 2.90. The van der Waals surface area contributed by atoms with Crippen molar-refractivity contribution >= 4 is 0 Å². The standard InChI is InChI=1S/C13H15F4NO/c1-19-13-11(16)9(14)8(10(15)12(13)17)7-18-5-3-2-4-6-18/h2-7H2,1H3. The summed E-state index contributed by atoms with van der Waals surface area (Å²) in [5.74, 6) is -6.72. The van der Waals surface area contributed by atoms with Crippen LogP contribution in [-0.4, -0.2) is 25.1 Å². The molecule has 0 unspecified atom stereocenters. The maximum absolute atomic E-state index is 13.8. The monoisotopic (exact) mass is 277 g/mol. The van der Waals surface area contributed by atoms with Gasteiger partial charge in [0, 0.05) is 12.1 Å². The normalized spacial score (nSPS) is 16.7. The largest absolute Gasteiger partial charge is 0.491 e. The maximum Gasteiger partial charge on any atom is 0.204 e. The second kappa shape index (κ2) is 5.77. The number of hydrogen-bond acceptors (Lipinski definition) is 2. The molecule has 2 rings (SSSR count). The van der Waals surface area contributed by atoms with Gasteiger partial charge in [0.2, 0.25) is 11.6 Å². The van der Waals surface area contributed by atoms with Gasteiger partial charge in [0.05, 0.1) is 7.11 Å². The molecule has 1 aliphatic rings. The Labute approximate surface area is 109 Å². The van der Waals surface area contributed by atoms with Crippen molar-refractivity contribution in [2.75, 3.05) is 20.2 Å². The van der Waals surface area contributed by atoms with E-state index in [-0.39, 0.29) is 6.54 Å². The molecule has 1 aliphatic heterocycles. The minimum Gasteiger partial charge on any atom is -0.491 e. The van der Waals surface area contributed by atoms with Crippen LogP contribution < -0.4 is 4.74 Å². The lowest BCUT2D eigenvalue weighted by Crippen LogP contribution is -2.30.